The highest BCUT2D eigenvalue weighted by Gasteiger charge is 2.34. The Balaban J connectivity index is 2.04. The van der Waals surface area contributed by atoms with E-state index >= 15 is 0 Å². The van der Waals surface area contributed by atoms with E-state index in [0.717, 1.165) is 32.4 Å². The third-order valence-corrected chi connectivity index (χ3v) is 4.61. The first-order valence-corrected chi connectivity index (χ1v) is 7.01. The molecule has 0 spiro atoms. The predicted octanol–water partition coefficient (Wildman–Crippen LogP) is 3.32. The number of hydrogen-bond donors (Lipinski definition) is 0. The molecule has 4 heteroatoms. The van der Waals surface area contributed by atoms with Crippen LogP contribution < -0.4 is 0 Å². The minimum absolute atomic E-state index is 0.197. The zero-order valence-electron chi connectivity index (χ0n) is 11.1. The molecule has 0 unspecified atom stereocenters. The summed E-state index contributed by atoms with van der Waals surface area (Å²) in [6.07, 6.45) is 3.33. The van der Waals surface area contributed by atoms with Gasteiger partial charge < -0.3 is 4.57 Å². The van der Waals surface area contributed by atoms with Gasteiger partial charge in [-0.25, -0.2) is 0 Å². The average molecular weight is 255 g/mol. The largest absolute Gasteiger partial charge is 0.340 e. The molecule has 19 heavy (non-hydrogen) atoms. The third kappa shape index (κ3) is 1.40. The van der Waals surface area contributed by atoms with Crippen LogP contribution in [0.15, 0.2) is 23.5 Å². The van der Waals surface area contributed by atoms with Crippen molar-refractivity contribution >= 4 is 10.9 Å². The lowest BCUT2D eigenvalue weighted by Gasteiger charge is -2.36. The molecular formula is C15H17N3O. The van der Waals surface area contributed by atoms with E-state index in [1.165, 1.54) is 27.7 Å². The normalized spacial score (nSPS) is 21.5. The highest BCUT2D eigenvalue weighted by molar-refractivity contribution is 5.87. The molecule has 1 atom stereocenters. The Morgan fingerprint density at radius 3 is 3.05 bits per heavy atom. The lowest BCUT2D eigenvalue weighted by Crippen LogP contribution is -2.36. The van der Waals surface area contributed by atoms with Gasteiger partial charge in [0.1, 0.15) is 0 Å². The van der Waals surface area contributed by atoms with E-state index in [1.807, 2.05) is 0 Å². The molecule has 4 rings (SSSR count). The number of hydrogen-bond acceptors (Lipinski definition) is 2. The maximum Gasteiger partial charge on any atom is 0.0906 e. The Morgan fingerprint density at radius 1 is 1.32 bits per heavy atom. The van der Waals surface area contributed by atoms with Crippen molar-refractivity contribution in [2.24, 2.45) is 5.29 Å². The Bertz CT molecular complexity index is 674. The van der Waals surface area contributed by atoms with Crippen LogP contribution in [0.5, 0.6) is 0 Å². The summed E-state index contributed by atoms with van der Waals surface area (Å²) >= 11 is 0. The molecule has 2 aromatic rings. The van der Waals surface area contributed by atoms with E-state index in [4.69, 9.17) is 0 Å². The summed E-state index contributed by atoms with van der Waals surface area (Å²) in [6.45, 7) is 3.75. The van der Waals surface area contributed by atoms with Gasteiger partial charge in [-0.3, -0.25) is 5.01 Å². The van der Waals surface area contributed by atoms with Gasteiger partial charge in [-0.2, -0.15) is 0 Å². The van der Waals surface area contributed by atoms with E-state index in [2.05, 4.69) is 35.0 Å². The van der Waals surface area contributed by atoms with Crippen molar-refractivity contribution in [3.63, 3.8) is 0 Å². The molecule has 1 aliphatic carbocycles. The minimum Gasteiger partial charge on any atom is -0.340 e. The fraction of sp³-hybridized carbons (Fsp3) is 0.467. The number of aryl methyl sites for hydroxylation is 2. The first-order chi connectivity index (χ1) is 9.29. The SMILES string of the molecule is Cc1ccc2c(c1)c1c3n2CCN(N=O)[C@@H]3CCC1. The molecule has 0 bridgehead atoms. The number of fused-ring (bicyclic) bond motifs is 3. The molecule has 1 aromatic heterocycles. The van der Waals surface area contributed by atoms with Gasteiger partial charge in [0.2, 0.25) is 0 Å². The second-order valence-electron chi connectivity index (χ2n) is 5.69. The highest BCUT2D eigenvalue weighted by atomic mass is 16.3. The first-order valence-electron chi connectivity index (χ1n) is 7.01. The van der Waals surface area contributed by atoms with Crippen LogP contribution in [0.25, 0.3) is 10.9 Å². The summed E-state index contributed by atoms with van der Waals surface area (Å²) in [6, 6.07) is 6.89. The van der Waals surface area contributed by atoms with Gasteiger partial charge in [-0.15, -0.1) is 4.91 Å². The Labute approximate surface area is 111 Å². The number of benzene rings is 1. The smallest absolute Gasteiger partial charge is 0.0906 e. The van der Waals surface area contributed by atoms with Crippen molar-refractivity contribution in [2.45, 2.75) is 38.8 Å². The van der Waals surface area contributed by atoms with Crippen LogP contribution in [0, 0.1) is 11.8 Å². The van der Waals surface area contributed by atoms with E-state index in [1.54, 1.807) is 5.01 Å². The van der Waals surface area contributed by atoms with Crippen molar-refractivity contribution in [3.8, 4) is 0 Å². The summed E-state index contributed by atoms with van der Waals surface area (Å²) in [5, 5.41) is 6.35. The number of nitroso groups, excluding NO2 is 1. The zero-order valence-corrected chi connectivity index (χ0v) is 11.1. The quantitative estimate of drug-likeness (QED) is 0.733. The molecule has 0 saturated carbocycles. The van der Waals surface area contributed by atoms with E-state index < -0.39 is 0 Å². The fourth-order valence-electron chi connectivity index (χ4n) is 3.80. The summed E-state index contributed by atoms with van der Waals surface area (Å²) < 4.78 is 2.41. The topological polar surface area (TPSA) is 37.6 Å². The van der Waals surface area contributed by atoms with Gasteiger partial charge in [-0.1, -0.05) is 11.6 Å². The van der Waals surface area contributed by atoms with Gasteiger partial charge in [0.15, 0.2) is 0 Å². The maximum atomic E-state index is 11.0. The van der Waals surface area contributed by atoms with Gasteiger partial charge >= 0.3 is 0 Å². The van der Waals surface area contributed by atoms with Crippen LogP contribution >= 0.6 is 0 Å². The summed E-state index contributed by atoms with van der Waals surface area (Å²) in [5.41, 5.74) is 5.42. The summed E-state index contributed by atoms with van der Waals surface area (Å²) in [5.74, 6) is 0. The highest BCUT2D eigenvalue weighted by Crippen LogP contribution is 2.42. The van der Waals surface area contributed by atoms with Crippen molar-refractivity contribution in [1.29, 1.82) is 0 Å². The van der Waals surface area contributed by atoms with E-state index in [9.17, 15) is 4.91 Å². The van der Waals surface area contributed by atoms with Crippen LogP contribution in [-0.4, -0.2) is 16.1 Å². The number of aromatic nitrogens is 1. The molecule has 0 amide bonds. The molecule has 0 N–H and O–H groups in total. The van der Waals surface area contributed by atoms with Crippen molar-refractivity contribution in [3.05, 3.63) is 39.9 Å². The van der Waals surface area contributed by atoms with Gasteiger partial charge in [-0.05, 0) is 43.9 Å². The van der Waals surface area contributed by atoms with Crippen LogP contribution in [0.4, 0.5) is 0 Å². The van der Waals surface area contributed by atoms with E-state index in [0.29, 0.717) is 0 Å². The molecule has 0 saturated heterocycles. The van der Waals surface area contributed by atoms with Crippen LogP contribution in [0.2, 0.25) is 0 Å². The monoisotopic (exact) mass is 255 g/mol. The van der Waals surface area contributed by atoms with Gasteiger partial charge in [0.25, 0.3) is 0 Å². The minimum atomic E-state index is 0.197. The van der Waals surface area contributed by atoms with Gasteiger partial charge in [0, 0.05) is 23.1 Å². The van der Waals surface area contributed by atoms with E-state index in [-0.39, 0.29) is 6.04 Å². The predicted molar refractivity (Wildman–Crippen MR) is 74.9 cm³/mol. The zero-order chi connectivity index (χ0) is 13.0. The molecular weight excluding hydrogens is 238 g/mol. The molecule has 0 radical (unpaired) electrons. The van der Waals surface area contributed by atoms with Crippen molar-refractivity contribution in [1.82, 2.24) is 9.58 Å². The van der Waals surface area contributed by atoms with Crippen LogP contribution in [-0.2, 0) is 13.0 Å². The molecule has 1 aromatic carbocycles. The van der Waals surface area contributed by atoms with Crippen molar-refractivity contribution < 1.29 is 0 Å². The standard InChI is InChI=1S/C15H17N3O/c1-10-5-6-13-12(9-10)11-3-2-4-14-15(11)17(13)7-8-18(14)16-19/h5-6,9,14H,2-4,7-8H2,1H3/t14-/m1/s1. The molecule has 2 heterocycles. The second-order valence-corrected chi connectivity index (χ2v) is 5.69. The summed E-state index contributed by atoms with van der Waals surface area (Å²) in [7, 11) is 0. The fourth-order valence-corrected chi connectivity index (χ4v) is 3.80. The van der Waals surface area contributed by atoms with Crippen LogP contribution in [0.1, 0.15) is 35.7 Å². The Hall–Kier alpha value is -1.84. The molecule has 0 fully saturated rings. The molecule has 98 valence electrons. The average Bonchev–Trinajstić information content (AvgIpc) is 2.75. The van der Waals surface area contributed by atoms with Crippen molar-refractivity contribution in [2.75, 3.05) is 6.54 Å². The lowest BCUT2D eigenvalue weighted by molar-refractivity contribution is 0.144. The molecule has 4 nitrogen and oxygen atoms in total. The molecule has 2 aliphatic rings. The molecule has 1 aliphatic heterocycles. The Morgan fingerprint density at radius 2 is 2.21 bits per heavy atom. The maximum absolute atomic E-state index is 11.0. The third-order valence-electron chi connectivity index (χ3n) is 4.61. The summed E-state index contributed by atoms with van der Waals surface area (Å²) in [4.78, 5) is 11.0. The lowest BCUT2D eigenvalue weighted by atomic mass is 9.90. The number of nitrogens with zero attached hydrogens (tertiary/aromatic N) is 3. The first kappa shape index (κ1) is 11.0. The number of rotatable bonds is 1. The van der Waals surface area contributed by atoms with Gasteiger partial charge in [0.05, 0.1) is 17.9 Å². The second kappa shape index (κ2) is 3.83. The Kier molecular flexibility index (Phi) is 2.22. The van der Waals surface area contributed by atoms with Crippen LogP contribution in [0.3, 0.4) is 0 Å².